The molecule has 0 atom stereocenters. The number of hydrogen-bond donors (Lipinski definition) is 2. The van der Waals surface area contributed by atoms with E-state index in [9.17, 15) is 4.79 Å². The summed E-state index contributed by atoms with van der Waals surface area (Å²) >= 11 is 3.70. The van der Waals surface area contributed by atoms with Gasteiger partial charge < -0.3 is 9.62 Å². The summed E-state index contributed by atoms with van der Waals surface area (Å²) in [6, 6.07) is 0. The lowest BCUT2D eigenvalue weighted by molar-refractivity contribution is -0.119. The van der Waals surface area contributed by atoms with Gasteiger partial charge in [-0.1, -0.05) is 19.2 Å². The van der Waals surface area contributed by atoms with Gasteiger partial charge in [0.1, 0.15) is 0 Å². The first-order chi connectivity index (χ1) is 6.33. The van der Waals surface area contributed by atoms with Crippen LogP contribution in [0.2, 0.25) is 0 Å². The molecule has 1 aliphatic heterocycles. The summed E-state index contributed by atoms with van der Waals surface area (Å²) in [7, 11) is 0. The lowest BCUT2D eigenvalue weighted by atomic mass is 10.1. The second kappa shape index (κ2) is 6.27. The fourth-order valence-corrected chi connectivity index (χ4v) is 1.81. The second-order valence-electron chi connectivity index (χ2n) is 3.54. The lowest BCUT2D eigenvalue weighted by Crippen LogP contribution is -2.31. The SMILES string of the molecule is O=C(CCCN1CCCCC1)NS. The van der Waals surface area contributed by atoms with Gasteiger partial charge in [0.25, 0.3) is 0 Å². The molecule has 13 heavy (non-hydrogen) atoms. The number of carbonyl (C=O) groups excluding carboxylic acids is 1. The fourth-order valence-electron chi connectivity index (χ4n) is 1.70. The van der Waals surface area contributed by atoms with E-state index < -0.39 is 0 Å². The molecule has 3 nitrogen and oxygen atoms in total. The highest BCUT2D eigenvalue weighted by molar-refractivity contribution is 7.78. The van der Waals surface area contributed by atoms with Crippen LogP contribution in [0, 0.1) is 0 Å². The molecular weight excluding hydrogens is 184 g/mol. The van der Waals surface area contributed by atoms with Crippen LogP contribution in [0.4, 0.5) is 0 Å². The minimum Gasteiger partial charge on any atom is -0.303 e. The van der Waals surface area contributed by atoms with Crippen molar-refractivity contribution in [3.63, 3.8) is 0 Å². The van der Waals surface area contributed by atoms with Crippen molar-refractivity contribution in [3.05, 3.63) is 0 Å². The number of thiol groups is 1. The summed E-state index contributed by atoms with van der Waals surface area (Å²) in [4.78, 5) is 13.3. The first kappa shape index (κ1) is 10.9. The topological polar surface area (TPSA) is 32.3 Å². The highest BCUT2D eigenvalue weighted by Gasteiger charge is 2.09. The summed E-state index contributed by atoms with van der Waals surface area (Å²) in [5.41, 5.74) is 0. The summed E-state index contributed by atoms with van der Waals surface area (Å²) in [5.74, 6) is 0.0281. The molecule has 0 radical (unpaired) electrons. The highest BCUT2D eigenvalue weighted by atomic mass is 32.1. The monoisotopic (exact) mass is 202 g/mol. The maximum absolute atomic E-state index is 10.8. The largest absolute Gasteiger partial charge is 0.303 e. The third-order valence-electron chi connectivity index (χ3n) is 2.45. The first-order valence-corrected chi connectivity index (χ1v) is 5.43. The normalized spacial score (nSPS) is 18.5. The second-order valence-corrected chi connectivity index (χ2v) is 3.76. The van der Waals surface area contributed by atoms with Gasteiger partial charge in [-0.15, -0.1) is 0 Å². The number of amides is 1. The molecule has 0 unspecified atom stereocenters. The van der Waals surface area contributed by atoms with Gasteiger partial charge in [0, 0.05) is 6.42 Å². The smallest absolute Gasteiger partial charge is 0.229 e. The van der Waals surface area contributed by atoms with Gasteiger partial charge in [0.15, 0.2) is 0 Å². The Morgan fingerprint density at radius 3 is 2.62 bits per heavy atom. The Kier molecular flexibility index (Phi) is 5.23. The van der Waals surface area contributed by atoms with Crippen molar-refractivity contribution in [1.29, 1.82) is 0 Å². The van der Waals surface area contributed by atoms with Crippen LogP contribution >= 0.6 is 12.8 Å². The van der Waals surface area contributed by atoms with Gasteiger partial charge in [-0.2, -0.15) is 0 Å². The van der Waals surface area contributed by atoms with Gasteiger partial charge in [0.05, 0.1) is 0 Å². The molecule has 0 aromatic rings. The van der Waals surface area contributed by atoms with Crippen LogP contribution in [0.5, 0.6) is 0 Å². The van der Waals surface area contributed by atoms with Crippen molar-refractivity contribution < 1.29 is 4.79 Å². The fraction of sp³-hybridized carbons (Fsp3) is 0.889. The molecule has 0 aromatic carbocycles. The Morgan fingerprint density at radius 1 is 1.31 bits per heavy atom. The minimum atomic E-state index is 0.0281. The van der Waals surface area contributed by atoms with Gasteiger partial charge >= 0.3 is 0 Å². The standard InChI is InChI=1S/C9H18N2OS/c12-9(10-13)5-4-8-11-6-2-1-3-7-11/h13H,1-8H2,(H,10,12). The third kappa shape index (κ3) is 4.52. The summed E-state index contributed by atoms with van der Waals surface area (Å²) in [5, 5.41) is 0. The van der Waals surface area contributed by atoms with Crippen LogP contribution in [0.15, 0.2) is 0 Å². The molecule has 1 rings (SSSR count). The van der Waals surface area contributed by atoms with Crippen molar-refractivity contribution in [2.24, 2.45) is 0 Å². The molecule has 0 aromatic heterocycles. The summed E-state index contributed by atoms with van der Waals surface area (Å²) < 4.78 is 2.34. The predicted octanol–water partition coefficient (Wildman–Crippen LogP) is 1.21. The number of nitrogens with one attached hydrogen (secondary N) is 1. The van der Waals surface area contributed by atoms with Crippen LogP contribution in [0.25, 0.3) is 0 Å². The average Bonchev–Trinajstić information content (AvgIpc) is 2.19. The maximum Gasteiger partial charge on any atom is 0.229 e. The van der Waals surface area contributed by atoms with E-state index in [4.69, 9.17) is 0 Å². The van der Waals surface area contributed by atoms with Gasteiger partial charge in [0.2, 0.25) is 5.91 Å². The number of rotatable bonds is 4. The lowest BCUT2D eigenvalue weighted by Gasteiger charge is -2.26. The zero-order chi connectivity index (χ0) is 9.52. The van der Waals surface area contributed by atoms with Crippen LogP contribution in [-0.4, -0.2) is 30.4 Å². The third-order valence-corrected chi connectivity index (χ3v) is 2.70. The number of likely N-dealkylation sites (tertiary alicyclic amines) is 1. The molecule has 0 bridgehead atoms. The van der Waals surface area contributed by atoms with E-state index in [0.717, 1.165) is 13.0 Å². The first-order valence-electron chi connectivity index (χ1n) is 4.98. The Morgan fingerprint density at radius 2 is 2.00 bits per heavy atom. The summed E-state index contributed by atoms with van der Waals surface area (Å²) in [6.07, 6.45) is 5.55. The molecular formula is C9H18N2OS. The molecule has 0 spiro atoms. The van der Waals surface area contributed by atoms with Crippen molar-refractivity contribution in [3.8, 4) is 0 Å². The molecule has 76 valence electrons. The van der Waals surface area contributed by atoms with E-state index >= 15 is 0 Å². The van der Waals surface area contributed by atoms with Crippen LogP contribution < -0.4 is 4.72 Å². The molecule has 1 aliphatic rings. The molecule has 0 saturated carbocycles. The van der Waals surface area contributed by atoms with E-state index in [-0.39, 0.29) is 5.91 Å². The van der Waals surface area contributed by atoms with E-state index in [2.05, 4.69) is 22.4 Å². The van der Waals surface area contributed by atoms with Gasteiger partial charge in [-0.05, 0) is 38.9 Å². The molecule has 0 aliphatic carbocycles. The highest BCUT2D eigenvalue weighted by Crippen LogP contribution is 2.09. The molecule has 1 fully saturated rings. The van der Waals surface area contributed by atoms with E-state index in [1.165, 1.54) is 32.4 Å². The Labute approximate surface area is 85.4 Å². The molecule has 1 heterocycles. The van der Waals surface area contributed by atoms with Gasteiger partial charge in [-0.3, -0.25) is 4.79 Å². The molecule has 1 amide bonds. The number of hydrogen-bond acceptors (Lipinski definition) is 3. The van der Waals surface area contributed by atoms with Crippen molar-refractivity contribution in [2.75, 3.05) is 19.6 Å². The van der Waals surface area contributed by atoms with Crippen LogP contribution in [0.3, 0.4) is 0 Å². The number of nitrogens with zero attached hydrogens (tertiary/aromatic N) is 1. The van der Waals surface area contributed by atoms with Crippen molar-refractivity contribution >= 4 is 18.7 Å². The predicted molar refractivity (Wildman–Crippen MR) is 56.7 cm³/mol. The van der Waals surface area contributed by atoms with Crippen LogP contribution in [-0.2, 0) is 4.79 Å². The Bertz CT molecular complexity index is 158. The van der Waals surface area contributed by atoms with E-state index in [1.54, 1.807) is 0 Å². The summed E-state index contributed by atoms with van der Waals surface area (Å²) in [6.45, 7) is 3.48. The van der Waals surface area contributed by atoms with Crippen LogP contribution in [0.1, 0.15) is 32.1 Å². The zero-order valence-electron chi connectivity index (χ0n) is 7.96. The number of carbonyl (C=O) groups is 1. The average molecular weight is 202 g/mol. The maximum atomic E-state index is 10.8. The van der Waals surface area contributed by atoms with Crippen molar-refractivity contribution in [1.82, 2.24) is 9.62 Å². The Hall–Kier alpha value is -0.220. The molecule has 1 N–H and O–H groups in total. The quantitative estimate of drug-likeness (QED) is 0.672. The zero-order valence-corrected chi connectivity index (χ0v) is 8.85. The van der Waals surface area contributed by atoms with Crippen molar-refractivity contribution in [2.45, 2.75) is 32.1 Å². The molecule has 4 heteroatoms. The Balaban J connectivity index is 2.01. The van der Waals surface area contributed by atoms with E-state index in [1.807, 2.05) is 0 Å². The van der Waals surface area contributed by atoms with E-state index in [0.29, 0.717) is 6.42 Å². The molecule has 1 saturated heterocycles. The number of piperidine rings is 1. The van der Waals surface area contributed by atoms with Gasteiger partial charge in [-0.25, -0.2) is 0 Å². The minimum absolute atomic E-state index is 0.0281.